The molecule has 278 valence electrons. The number of pyridine rings is 1. The Balaban J connectivity index is 0.00000422. The van der Waals surface area contributed by atoms with Crippen LogP contribution in [-0.4, -0.2) is 18.7 Å². The number of nitrogens with zero attached hydrogens (tertiary/aromatic N) is 5. The second kappa shape index (κ2) is 15.2. The van der Waals surface area contributed by atoms with Crippen LogP contribution in [0.2, 0.25) is 0 Å². The standard InChI is InChI=1S/C51H38N5.Pt/c1-36(2)43-22-9-10-23-44(43)37-30-31-52-51(32-37)56-47-25-12-11-24-45(47)46-29-28-42(34-50(46)56)55(39-18-7-4-8-19-39)41-21-15-20-40(33-41)54-35-53(38-16-5-3-6-17-38)48-26-13-14-27-49(48)54;/h3-32,35-36H,1-2H3;/q-1;. The van der Waals surface area contributed by atoms with E-state index in [9.17, 15) is 0 Å². The van der Waals surface area contributed by atoms with E-state index in [4.69, 9.17) is 4.98 Å². The van der Waals surface area contributed by atoms with Gasteiger partial charge in [0.05, 0.1) is 0 Å². The minimum Gasteiger partial charge on any atom is -0.358 e. The number of benzene rings is 7. The van der Waals surface area contributed by atoms with Gasteiger partial charge in [-0.1, -0.05) is 128 Å². The number of hydrogen-bond acceptors (Lipinski definition) is 2. The Labute approximate surface area is 347 Å². The smallest absolute Gasteiger partial charge is 0.168 e. The Morgan fingerprint density at radius 2 is 1.25 bits per heavy atom. The number of para-hydroxylation sites is 5. The van der Waals surface area contributed by atoms with Crippen LogP contribution in [0.5, 0.6) is 0 Å². The van der Waals surface area contributed by atoms with E-state index in [1.165, 1.54) is 11.1 Å². The van der Waals surface area contributed by atoms with Gasteiger partial charge >= 0.3 is 0 Å². The first kappa shape index (κ1) is 36.1. The van der Waals surface area contributed by atoms with Crippen LogP contribution in [0.15, 0.2) is 188 Å². The van der Waals surface area contributed by atoms with Gasteiger partial charge in [0.15, 0.2) is 17.4 Å². The molecule has 6 heteroatoms. The topological polar surface area (TPSA) is 30.9 Å². The molecule has 5 nitrogen and oxygen atoms in total. The summed E-state index contributed by atoms with van der Waals surface area (Å²) in [6.45, 7) is 4.50. The molecular weight excluding hydrogens is 878 g/mol. The van der Waals surface area contributed by atoms with Crippen molar-refractivity contribution in [1.29, 1.82) is 0 Å². The minimum atomic E-state index is 0. The Hall–Kier alpha value is -6.55. The largest absolute Gasteiger partial charge is 0.358 e. The van der Waals surface area contributed by atoms with Crippen molar-refractivity contribution in [3.8, 4) is 28.3 Å². The van der Waals surface area contributed by atoms with E-state index >= 15 is 0 Å². The molecule has 10 aromatic rings. The summed E-state index contributed by atoms with van der Waals surface area (Å²) < 4.78 is 6.71. The summed E-state index contributed by atoms with van der Waals surface area (Å²) >= 11 is 0. The van der Waals surface area contributed by atoms with Crippen LogP contribution in [-0.2, 0) is 21.1 Å². The summed E-state index contributed by atoms with van der Waals surface area (Å²) in [5.41, 5.74) is 12.8. The number of imidazole rings is 1. The van der Waals surface area contributed by atoms with E-state index in [0.29, 0.717) is 5.92 Å². The Bertz CT molecular complexity index is 3020. The van der Waals surface area contributed by atoms with Crippen molar-refractivity contribution in [2.45, 2.75) is 19.8 Å². The van der Waals surface area contributed by atoms with Crippen LogP contribution < -0.4 is 4.90 Å². The molecule has 0 atom stereocenters. The van der Waals surface area contributed by atoms with Crippen molar-refractivity contribution in [2.75, 3.05) is 4.90 Å². The van der Waals surface area contributed by atoms with Crippen LogP contribution in [0.3, 0.4) is 0 Å². The zero-order valence-corrected chi connectivity index (χ0v) is 33.8. The van der Waals surface area contributed by atoms with Crippen molar-refractivity contribution in [3.63, 3.8) is 0 Å². The number of aromatic nitrogens is 4. The molecule has 0 saturated heterocycles. The summed E-state index contributed by atoms with van der Waals surface area (Å²) in [5.74, 6) is 1.25. The number of rotatable bonds is 8. The summed E-state index contributed by atoms with van der Waals surface area (Å²) in [5, 5.41) is 2.28. The number of anilines is 3. The third-order valence-corrected chi connectivity index (χ3v) is 10.6. The van der Waals surface area contributed by atoms with Crippen LogP contribution in [0.1, 0.15) is 25.3 Å². The Morgan fingerprint density at radius 3 is 2.04 bits per heavy atom. The van der Waals surface area contributed by atoms with Crippen molar-refractivity contribution >= 4 is 49.9 Å². The molecule has 57 heavy (non-hydrogen) atoms. The van der Waals surface area contributed by atoms with Crippen LogP contribution >= 0.6 is 0 Å². The second-order valence-electron chi connectivity index (χ2n) is 14.4. The third-order valence-electron chi connectivity index (χ3n) is 10.6. The maximum atomic E-state index is 4.99. The first-order chi connectivity index (χ1) is 27.6. The molecule has 0 spiro atoms. The summed E-state index contributed by atoms with van der Waals surface area (Å²) in [6, 6.07) is 69.5. The van der Waals surface area contributed by atoms with Crippen LogP contribution in [0.4, 0.5) is 17.1 Å². The van der Waals surface area contributed by atoms with Gasteiger partial charge < -0.3 is 9.47 Å². The van der Waals surface area contributed by atoms with Crippen molar-refractivity contribution in [1.82, 2.24) is 18.7 Å². The van der Waals surface area contributed by atoms with Crippen LogP contribution in [0.25, 0.3) is 61.2 Å². The molecule has 0 bridgehead atoms. The van der Waals surface area contributed by atoms with E-state index in [1.807, 2.05) is 12.3 Å². The normalized spacial score (nSPS) is 11.4. The molecule has 0 N–H and O–H groups in total. The second-order valence-corrected chi connectivity index (χ2v) is 14.4. The summed E-state index contributed by atoms with van der Waals surface area (Å²) in [7, 11) is 0. The van der Waals surface area contributed by atoms with E-state index in [-0.39, 0.29) is 21.1 Å². The summed E-state index contributed by atoms with van der Waals surface area (Å²) in [4.78, 5) is 7.23. The Kier molecular flexibility index (Phi) is 9.61. The molecule has 0 aliphatic heterocycles. The van der Waals surface area contributed by atoms with Gasteiger partial charge in [0, 0.05) is 56.3 Å². The van der Waals surface area contributed by atoms with E-state index < -0.39 is 0 Å². The molecule has 0 fully saturated rings. The van der Waals surface area contributed by atoms with Gasteiger partial charge in [-0.2, -0.15) is 16.7 Å². The van der Waals surface area contributed by atoms with E-state index in [1.54, 1.807) is 0 Å². The number of hydrogen-bond donors (Lipinski definition) is 0. The molecular formula is C51H38N5Pt-. The molecule has 3 heterocycles. The van der Waals surface area contributed by atoms with E-state index in [0.717, 1.165) is 72.7 Å². The zero-order chi connectivity index (χ0) is 37.6. The SMILES string of the molecule is CC(C)c1ccccc1-c1ccnc(-n2c3[c-]c(N(c4[c-]c(-n5[cH+]n(-c6ccccc6)c6ccccc65)ccc4)c4ccccc4)ccc3c3ccccc32)c1.[Pt]. The van der Waals surface area contributed by atoms with Crippen LogP contribution in [0, 0.1) is 12.1 Å². The molecule has 0 unspecified atom stereocenters. The fourth-order valence-electron chi connectivity index (χ4n) is 8.02. The monoisotopic (exact) mass is 915 g/mol. The predicted molar refractivity (Wildman–Crippen MR) is 231 cm³/mol. The van der Waals surface area contributed by atoms with Crippen molar-refractivity contribution < 1.29 is 21.1 Å². The molecule has 10 rings (SSSR count). The fraction of sp³-hybridized carbons (Fsp3) is 0.0588. The predicted octanol–water partition coefficient (Wildman–Crippen LogP) is 13.1. The Morgan fingerprint density at radius 1 is 0.579 bits per heavy atom. The van der Waals surface area contributed by atoms with Gasteiger partial charge in [-0.05, 0) is 70.5 Å². The molecule has 3 aromatic heterocycles. The average molecular weight is 916 g/mol. The van der Waals surface area contributed by atoms with E-state index in [2.05, 4.69) is 221 Å². The van der Waals surface area contributed by atoms with Gasteiger partial charge in [-0.3, -0.25) is 0 Å². The first-order valence-corrected chi connectivity index (χ1v) is 19.1. The number of fused-ring (bicyclic) bond motifs is 4. The maximum Gasteiger partial charge on any atom is 0.168 e. The van der Waals surface area contributed by atoms with Gasteiger partial charge in [0.1, 0.15) is 11.5 Å². The minimum absolute atomic E-state index is 0. The van der Waals surface area contributed by atoms with Crippen molar-refractivity contribution in [3.05, 3.63) is 206 Å². The van der Waals surface area contributed by atoms with Gasteiger partial charge in [0.2, 0.25) is 0 Å². The van der Waals surface area contributed by atoms with Gasteiger partial charge in [0.25, 0.3) is 0 Å². The maximum absolute atomic E-state index is 4.99. The molecule has 0 saturated carbocycles. The molecule has 0 aliphatic rings. The molecule has 0 amide bonds. The quantitative estimate of drug-likeness (QED) is 0.142. The fourth-order valence-corrected chi connectivity index (χ4v) is 8.02. The summed E-state index contributed by atoms with van der Waals surface area (Å²) in [6.07, 6.45) is 4.08. The average Bonchev–Trinajstić information content (AvgIpc) is 3.81. The van der Waals surface area contributed by atoms with Gasteiger partial charge in [-0.25, -0.2) is 9.55 Å². The van der Waals surface area contributed by atoms with Crippen molar-refractivity contribution in [2.24, 2.45) is 0 Å². The zero-order valence-electron chi connectivity index (χ0n) is 31.5. The molecule has 7 aromatic carbocycles. The first-order valence-electron chi connectivity index (χ1n) is 19.1. The third kappa shape index (κ3) is 6.44. The molecule has 0 radical (unpaired) electrons. The molecule has 0 aliphatic carbocycles. The van der Waals surface area contributed by atoms with Gasteiger partial charge in [-0.15, -0.1) is 29.7 Å².